The highest BCUT2D eigenvalue weighted by molar-refractivity contribution is 7.89. The second kappa shape index (κ2) is 7.67. The predicted molar refractivity (Wildman–Crippen MR) is 91.0 cm³/mol. The Kier molecular flexibility index (Phi) is 5.55. The van der Waals surface area contributed by atoms with Crippen molar-refractivity contribution in [3.63, 3.8) is 0 Å². The number of ether oxygens (including phenoxy) is 2. The van der Waals surface area contributed by atoms with E-state index in [2.05, 4.69) is 4.98 Å². The van der Waals surface area contributed by atoms with Gasteiger partial charge in [0.1, 0.15) is 0 Å². The maximum absolute atomic E-state index is 12.8. The number of morpholine rings is 1. The molecule has 8 nitrogen and oxygen atoms in total. The number of likely N-dealkylation sites (tertiary alicyclic amines) is 1. The standard InChI is InChI=1S/C16H23N3O5S/c1-23-15-5-4-13(11-17-15)16(20)18-6-2-3-14(12-18)25(21,22)19-7-9-24-10-8-19/h4-5,11,14H,2-3,6-10,12H2,1H3/t14-/m1/s1. The number of pyridine rings is 1. The van der Waals surface area contributed by atoms with Gasteiger partial charge in [0, 0.05) is 38.4 Å². The minimum atomic E-state index is -3.42. The van der Waals surface area contributed by atoms with E-state index in [4.69, 9.17) is 9.47 Å². The maximum Gasteiger partial charge on any atom is 0.255 e. The van der Waals surface area contributed by atoms with Gasteiger partial charge in [-0.05, 0) is 18.9 Å². The van der Waals surface area contributed by atoms with Crippen molar-refractivity contribution in [3.8, 4) is 5.88 Å². The monoisotopic (exact) mass is 369 g/mol. The summed E-state index contributed by atoms with van der Waals surface area (Å²) in [5.74, 6) is 0.236. The number of hydrogen-bond acceptors (Lipinski definition) is 6. The Bertz CT molecular complexity index is 701. The van der Waals surface area contributed by atoms with Crippen LogP contribution in [0.25, 0.3) is 0 Å². The molecule has 2 fully saturated rings. The van der Waals surface area contributed by atoms with Crippen LogP contribution >= 0.6 is 0 Å². The Morgan fingerprint density at radius 1 is 1.28 bits per heavy atom. The Morgan fingerprint density at radius 2 is 2.04 bits per heavy atom. The number of carbonyl (C=O) groups excluding carboxylic acids is 1. The summed E-state index contributed by atoms with van der Waals surface area (Å²) < 4.78 is 37.4. The van der Waals surface area contributed by atoms with Gasteiger partial charge in [0.05, 0.1) is 31.1 Å². The largest absolute Gasteiger partial charge is 0.481 e. The number of nitrogens with zero attached hydrogens (tertiary/aromatic N) is 3. The lowest BCUT2D eigenvalue weighted by molar-refractivity contribution is 0.0685. The third-order valence-corrected chi connectivity index (χ3v) is 6.92. The summed E-state index contributed by atoms with van der Waals surface area (Å²) in [6.07, 6.45) is 2.70. The van der Waals surface area contributed by atoms with Gasteiger partial charge < -0.3 is 14.4 Å². The number of rotatable bonds is 4. The molecule has 1 atom stereocenters. The van der Waals surface area contributed by atoms with E-state index < -0.39 is 15.3 Å². The number of sulfonamides is 1. The van der Waals surface area contributed by atoms with Crippen molar-refractivity contribution in [1.29, 1.82) is 0 Å². The van der Waals surface area contributed by atoms with Crippen molar-refractivity contribution >= 4 is 15.9 Å². The fourth-order valence-electron chi connectivity index (χ4n) is 3.19. The van der Waals surface area contributed by atoms with Crippen LogP contribution in [-0.2, 0) is 14.8 Å². The van der Waals surface area contributed by atoms with Crippen LogP contribution in [0.4, 0.5) is 0 Å². The number of piperidine rings is 1. The SMILES string of the molecule is COc1ccc(C(=O)N2CCC[C@@H](S(=O)(=O)N3CCOCC3)C2)cn1. The first kappa shape index (κ1) is 18.1. The molecule has 0 saturated carbocycles. The summed E-state index contributed by atoms with van der Waals surface area (Å²) in [5, 5.41) is -0.561. The van der Waals surface area contributed by atoms with Gasteiger partial charge in [-0.1, -0.05) is 0 Å². The van der Waals surface area contributed by atoms with E-state index in [-0.39, 0.29) is 12.5 Å². The summed E-state index contributed by atoms with van der Waals surface area (Å²) in [5.41, 5.74) is 0.435. The molecule has 0 radical (unpaired) electrons. The quantitative estimate of drug-likeness (QED) is 0.761. The van der Waals surface area contributed by atoms with Crippen LogP contribution in [0.2, 0.25) is 0 Å². The van der Waals surface area contributed by atoms with Crippen molar-refractivity contribution in [2.24, 2.45) is 0 Å². The number of hydrogen-bond donors (Lipinski definition) is 0. The van der Waals surface area contributed by atoms with Crippen LogP contribution in [0.1, 0.15) is 23.2 Å². The van der Waals surface area contributed by atoms with Gasteiger partial charge in [0.15, 0.2) is 0 Å². The van der Waals surface area contributed by atoms with Crippen LogP contribution in [0.15, 0.2) is 18.3 Å². The molecule has 0 N–H and O–H groups in total. The van der Waals surface area contributed by atoms with Gasteiger partial charge >= 0.3 is 0 Å². The van der Waals surface area contributed by atoms with Gasteiger partial charge in [-0.15, -0.1) is 0 Å². The molecule has 138 valence electrons. The first-order valence-corrected chi connectivity index (χ1v) is 9.88. The number of methoxy groups -OCH3 is 1. The topological polar surface area (TPSA) is 89.0 Å². The highest BCUT2D eigenvalue weighted by Crippen LogP contribution is 2.22. The molecule has 1 aromatic rings. The van der Waals surface area contributed by atoms with Crippen molar-refractivity contribution in [1.82, 2.24) is 14.2 Å². The molecule has 0 aromatic carbocycles. The Hall–Kier alpha value is -1.71. The summed E-state index contributed by atoms with van der Waals surface area (Å²) in [6.45, 7) is 2.38. The molecule has 2 aliphatic heterocycles. The molecule has 1 aromatic heterocycles. The Labute approximate surface area is 147 Å². The van der Waals surface area contributed by atoms with Crippen molar-refractivity contribution in [2.45, 2.75) is 18.1 Å². The Morgan fingerprint density at radius 3 is 2.68 bits per heavy atom. The molecule has 0 unspecified atom stereocenters. The summed E-state index contributed by atoms with van der Waals surface area (Å²) in [4.78, 5) is 18.3. The van der Waals surface area contributed by atoms with E-state index >= 15 is 0 Å². The first-order chi connectivity index (χ1) is 12.0. The first-order valence-electron chi connectivity index (χ1n) is 8.38. The molecule has 25 heavy (non-hydrogen) atoms. The van der Waals surface area contributed by atoms with E-state index in [9.17, 15) is 13.2 Å². The highest BCUT2D eigenvalue weighted by Gasteiger charge is 2.37. The van der Waals surface area contributed by atoms with Gasteiger partial charge in [-0.2, -0.15) is 4.31 Å². The Balaban J connectivity index is 1.70. The molecule has 0 aliphatic carbocycles. The molecule has 3 heterocycles. The van der Waals surface area contributed by atoms with E-state index in [1.165, 1.54) is 17.6 Å². The average Bonchev–Trinajstić information content (AvgIpc) is 2.68. The second-order valence-corrected chi connectivity index (χ2v) is 8.37. The minimum absolute atomic E-state index is 0.197. The zero-order valence-electron chi connectivity index (χ0n) is 14.3. The summed E-state index contributed by atoms with van der Waals surface area (Å²) in [6, 6.07) is 3.27. The van der Waals surface area contributed by atoms with E-state index in [1.54, 1.807) is 17.0 Å². The van der Waals surface area contributed by atoms with Crippen LogP contribution in [0.3, 0.4) is 0 Å². The minimum Gasteiger partial charge on any atom is -0.481 e. The van der Waals surface area contributed by atoms with Gasteiger partial charge in [-0.25, -0.2) is 13.4 Å². The molecule has 0 spiro atoms. The van der Waals surface area contributed by atoms with Crippen molar-refractivity contribution < 1.29 is 22.7 Å². The second-order valence-electron chi connectivity index (χ2n) is 6.16. The molecule has 3 rings (SSSR count). The van der Waals surface area contributed by atoms with Gasteiger partial charge in [0.2, 0.25) is 15.9 Å². The van der Waals surface area contributed by atoms with E-state index in [0.717, 1.165) is 0 Å². The van der Waals surface area contributed by atoms with Crippen LogP contribution in [0, 0.1) is 0 Å². The van der Waals surface area contributed by atoms with Crippen LogP contribution < -0.4 is 4.74 Å². The predicted octanol–water partition coefficient (Wildman–Crippen LogP) is 0.357. The molecule has 2 saturated heterocycles. The van der Waals surface area contributed by atoms with Gasteiger partial charge in [0.25, 0.3) is 5.91 Å². The molecular formula is C16H23N3O5S. The zero-order valence-corrected chi connectivity index (χ0v) is 15.1. The highest BCUT2D eigenvalue weighted by atomic mass is 32.2. The molecule has 2 aliphatic rings. The van der Waals surface area contributed by atoms with E-state index in [0.29, 0.717) is 57.1 Å². The summed E-state index contributed by atoms with van der Waals surface area (Å²) in [7, 11) is -1.91. The van der Waals surface area contributed by atoms with Crippen molar-refractivity contribution in [2.75, 3.05) is 46.5 Å². The third-order valence-electron chi connectivity index (χ3n) is 4.61. The summed E-state index contributed by atoms with van der Waals surface area (Å²) >= 11 is 0. The molecule has 0 bridgehead atoms. The molecular weight excluding hydrogens is 346 g/mol. The van der Waals surface area contributed by atoms with Crippen LogP contribution in [0.5, 0.6) is 5.88 Å². The number of amides is 1. The van der Waals surface area contributed by atoms with Crippen LogP contribution in [-0.4, -0.2) is 80.3 Å². The average molecular weight is 369 g/mol. The fraction of sp³-hybridized carbons (Fsp3) is 0.625. The molecule has 1 amide bonds. The van der Waals surface area contributed by atoms with E-state index in [1.807, 2.05) is 0 Å². The van der Waals surface area contributed by atoms with Crippen molar-refractivity contribution in [3.05, 3.63) is 23.9 Å². The smallest absolute Gasteiger partial charge is 0.255 e. The third kappa shape index (κ3) is 3.94. The lowest BCUT2D eigenvalue weighted by atomic mass is 10.1. The number of carbonyl (C=O) groups is 1. The fourth-order valence-corrected chi connectivity index (χ4v) is 5.10. The maximum atomic E-state index is 12.8. The normalized spacial score (nSPS) is 22.6. The number of aromatic nitrogens is 1. The lowest BCUT2D eigenvalue weighted by Crippen LogP contribution is -2.51. The van der Waals surface area contributed by atoms with Gasteiger partial charge in [-0.3, -0.25) is 4.79 Å². The lowest BCUT2D eigenvalue weighted by Gasteiger charge is -2.36. The molecule has 9 heteroatoms. The zero-order chi connectivity index (χ0) is 17.9.